The fourth-order valence-corrected chi connectivity index (χ4v) is 8.59. The van der Waals surface area contributed by atoms with Gasteiger partial charge in [0.25, 0.3) is 0 Å². The van der Waals surface area contributed by atoms with Crippen LogP contribution >= 0.6 is 11.6 Å². The van der Waals surface area contributed by atoms with Crippen LogP contribution in [0.3, 0.4) is 0 Å². The largest absolute Gasteiger partial charge is 0.493 e. The van der Waals surface area contributed by atoms with Crippen molar-refractivity contribution in [2.45, 2.75) is 44.8 Å². The number of benzene rings is 4. The number of carbonyl (C=O) groups is 1. The first-order chi connectivity index (χ1) is 25.1. The van der Waals surface area contributed by atoms with Crippen molar-refractivity contribution in [3.63, 3.8) is 0 Å². The van der Waals surface area contributed by atoms with Crippen LogP contribution in [0.4, 0.5) is 0 Å². The fraction of sp³-hybridized carbons (Fsp3) is 0.341. The van der Waals surface area contributed by atoms with Gasteiger partial charge in [-0.1, -0.05) is 72.3 Å². The minimum Gasteiger partial charge on any atom is -0.493 e. The summed E-state index contributed by atoms with van der Waals surface area (Å²) >= 11 is 6.65. The van der Waals surface area contributed by atoms with Gasteiger partial charge in [-0.3, -0.25) is 4.90 Å². The Balaban J connectivity index is 1.33. The van der Waals surface area contributed by atoms with E-state index in [1.807, 2.05) is 48.5 Å². The third-order valence-corrected chi connectivity index (χ3v) is 11.2. The van der Waals surface area contributed by atoms with E-state index < -0.39 is 16.0 Å². The Morgan fingerprint density at radius 1 is 0.904 bits per heavy atom. The molecular formula is C41H47ClN4O5S. The Labute approximate surface area is 311 Å². The first-order valence-corrected chi connectivity index (χ1v) is 19.8. The maximum Gasteiger partial charge on any atom is 0.337 e. The van der Waals surface area contributed by atoms with Crippen LogP contribution in [-0.2, 0) is 27.6 Å². The number of sulfonamides is 1. The van der Waals surface area contributed by atoms with E-state index in [9.17, 15) is 13.2 Å². The van der Waals surface area contributed by atoms with E-state index in [1.54, 1.807) is 24.3 Å². The van der Waals surface area contributed by atoms with Crippen molar-refractivity contribution in [2.24, 2.45) is 0 Å². The molecule has 2 heterocycles. The number of methoxy groups -OCH3 is 1. The number of esters is 1. The van der Waals surface area contributed by atoms with Crippen LogP contribution in [-0.4, -0.2) is 81.6 Å². The van der Waals surface area contributed by atoms with Crippen LogP contribution in [0.5, 0.6) is 5.75 Å². The van der Waals surface area contributed by atoms with E-state index in [0.29, 0.717) is 54.4 Å². The Morgan fingerprint density at radius 2 is 1.54 bits per heavy atom. The van der Waals surface area contributed by atoms with Crippen molar-refractivity contribution in [3.8, 4) is 5.75 Å². The van der Waals surface area contributed by atoms with Crippen LogP contribution in [0.1, 0.15) is 52.6 Å². The molecule has 1 aromatic heterocycles. The highest BCUT2D eigenvalue weighted by molar-refractivity contribution is 7.89. The lowest BCUT2D eigenvalue weighted by Crippen LogP contribution is -2.55. The molecular weight excluding hydrogens is 696 g/mol. The summed E-state index contributed by atoms with van der Waals surface area (Å²) in [5.41, 5.74) is 5.71. The normalized spacial score (nSPS) is 16.7. The molecule has 6 rings (SSSR count). The average molecular weight is 743 g/mol. The number of hydrogen-bond acceptors (Lipinski definition) is 7. The first kappa shape index (κ1) is 37.6. The number of ether oxygens (including phenoxy) is 2. The molecule has 11 heteroatoms. The van der Waals surface area contributed by atoms with Crippen molar-refractivity contribution in [3.05, 3.63) is 136 Å². The van der Waals surface area contributed by atoms with Crippen molar-refractivity contribution in [1.82, 2.24) is 19.5 Å². The number of nitrogens with one attached hydrogen (secondary N) is 2. The summed E-state index contributed by atoms with van der Waals surface area (Å²) in [6.45, 7) is 6.97. The standard InChI is InChI=1S/C41H47ClN4O5S/c1-29-27-45(28-30(2)44-29)23-25-52(48,49)43-22-20-39-36(21-24-51-35-17-14-33(15-18-35)41(47)50-3)37-26-34(42)16-19-38(37)46(39)40(31-10-6-4-7-11-31)32-12-8-5-9-13-32/h4-19,26,29-30,40,43-44H,20-25,27-28H2,1-3H3. The van der Waals surface area contributed by atoms with Crippen molar-refractivity contribution >= 4 is 38.5 Å². The molecule has 0 aliphatic carbocycles. The van der Waals surface area contributed by atoms with Crippen LogP contribution in [0.15, 0.2) is 103 Å². The summed E-state index contributed by atoms with van der Waals surface area (Å²) in [6, 6.07) is 34.0. The van der Waals surface area contributed by atoms with Gasteiger partial charge in [0, 0.05) is 72.7 Å². The van der Waals surface area contributed by atoms with Gasteiger partial charge in [0.2, 0.25) is 10.0 Å². The molecule has 1 aliphatic rings. The quantitative estimate of drug-likeness (QED) is 0.118. The number of fused-ring (bicyclic) bond motifs is 1. The Morgan fingerprint density at radius 3 is 2.15 bits per heavy atom. The van der Waals surface area contributed by atoms with Gasteiger partial charge in [0.05, 0.1) is 31.1 Å². The minimum absolute atomic E-state index is 0.0388. The lowest BCUT2D eigenvalue weighted by atomic mass is 9.97. The van der Waals surface area contributed by atoms with Gasteiger partial charge in [-0.25, -0.2) is 17.9 Å². The topological polar surface area (TPSA) is 102 Å². The van der Waals surface area contributed by atoms with E-state index in [2.05, 4.69) is 63.7 Å². The van der Waals surface area contributed by atoms with Gasteiger partial charge in [-0.15, -0.1) is 0 Å². The van der Waals surface area contributed by atoms with Crippen LogP contribution in [0.25, 0.3) is 10.9 Å². The van der Waals surface area contributed by atoms with Crippen molar-refractivity contribution < 1.29 is 22.7 Å². The monoisotopic (exact) mass is 742 g/mol. The average Bonchev–Trinajstić information content (AvgIpc) is 3.42. The van der Waals surface area contributed by atoms with E-state index >= 15 is 0 Å². The van der Waals surface area contributed by atoms with Crippen LogP contribution in [0.2, 0.25) is 5.02 Å². The Hall–Kier alpha value is -4.19. The van der Waals surface area contributed by atoms with Gasteiger partial charge < -0.3 is 19.4 Å². The molecule has 52 heavy (non-hydrogen) atoms. The number of nitrogens with zero attached hydrogens (tertiary/aromatic N) is 2. The van der Waals surface area contributed by atoms with Gasteiger partial charge >= 0.3 is 5.97 Å². The van der Waals surface area contributed by atoms with Gasteiger partial charge in [-0.2, -0.15) is 0 Å². The number of halogens is 1. The van der Waals surface area contributed by atoms with Crippen molar-refractivity contribution in [1.29, 1.82) is 0 Å². The summed E-state index contributed by atoms with van der Waals surface area (Å²) in [5.74, 6) is 0.260. The molecule has 2 N–H and O–H groups in total. The second kappa shape index (κ2) is 17.1. The summed E-state index contributed by atoms with van der Waals surface area (Å²) in [4.78, 5) is 14.2. The first-order valence-electron chi connectivity index (χ1n) is 17.8. The predicted molar refractivity (Wildman–Crippen MR) is 208 cm³/mol. The molecule has 2 atom stereocenters. The van der Waals surface area contributed by atoms with Crippen LogP contribution < -0.4 is 14.8 Å². The molecule has 1 fully saturated rings. The van der Waals surface area contributed by atoms with E-state index in [4.69, 9.17) is 21.1 Å². The molecule has 5 aromatic rings. The molecule has 9 nitrogen and oxygen atoms in total. The zero-order valence-electron chi connectivity index (χ0n) is 29.9. The smallest absolute Gasteiger partial charge is 0.337 e. The second-order valence-corrected chi connectivity index (χ2v) is 15.8. The number of carbonyl (C=O) groups excluding carboxylic acids is 1. The number of rotatable bonds is 15. The van der Waals surface area contributed by atoms with E-state index in [0.717, 1.165) is 46.4 Å². The number of piperazine rings is 1. The maximum absolute atomic E-state index is 13.4. The zero-order chi connectivity index (χ0) is 36.7. The fourth-order valence-electron chi connectivity index (χ4n) is 7.36. The predicted octanol–water partition coefficient (Wildman–Crippen LogP) is 6.48. The Bertz CT molecular complexity index is 2010. The number of aromatic nitrogens is 1. The SMILES string of the molecule is COC(=O)c1ccc(OCCc2c(CCNS(=O)(=O)CCN3CC(C)NC(C)C3)n(C(c3ccccc3)c3ccccc3)c3ccc(Cl)cc23)cc1. The summed E-state index contributed by atoms with van der Waals surface area (Å²) in [7, 11) is -2.18. The van der Waals surface area contributed by atoms with Crippen LogP contribution in [0, 0.1) is 0 Å². The molecule has 0 saturated carbocycles. The lowest BCUT2D eigenvalue weighted by molar-refractivity contribution is 0.0600. The summed E-state index contributed by atoms with van der Waals surface area (Å²) in [6.07, 6.45) is 0.993. The lowest BCUT2D eigenvalue weighted by Gasteiger charge is -2.36. The summed E-state index contributed by atoms with van der Waals surface area (Å²) in [5, 5.41) is 5.12. The molecule has 0 amide bonds. The highest BCUT2D eigenvalue weighted by atomic mass is 35.5. The van der Waals surface area contributed by atoms with E-state index in [1.165, 1.54) is 7.11 Å². The maximum atomic E-state index is 13.4. The van der Waals surface area contributed by atoms with Gasteiger partial charge in [0.1, 0.15) is 5.75 Å². The molecule has 0 spiro atoms. The second-order valence-electron chi connectivity index (χ2n) is 13.5. The minimum atomic E-state index is -3.54. The number of hydrogen-bond donors (Lipinski definition) is 2. The molecule has 0 bridgehead atoms. The van der Waals surface area contributed by atoms with Gasteiger partial charge in [0.15, 0.2) is 0 Å². The molecule has 0 radical (unpaired) electrons. The van der Waals surface area contributed by atoms with Crippen molar-refractivity contribution in [2.75, 3.05) is 45.6 Å². The molecule has 1 saturated heterocycles. The highest BCUT2D eigenvalue weighted by Gasteiger charge is 2.27. The third kappa shape index (κ3) is 9.23. The molecule has 4 aromatic carbocycles. The molecule has 274 valence electrons. The highest BCUT2D eigenvalue weighted by Crippen LogP contribution is 2.37. The third-order valence-electron chi connectivity index (χ3n) is 9.56. The molecule has 2 unspecified atom stereocenters. The molecule has 1 aliphatic heterocycles. The van der Waals surface area contributed by atoms with E-state index in [-0.39, 0.29) is 18.3 Å². The Kier molecular flexibility index (Phi) is 12.3. The zero-order valence-corrected chi connectivity index (χ0v) is 31.5. The summed E-state index contributed by atoms with van der Waals surface area (Å²) < 4.78 is 43.0. The van der Waals surface area contributed by atoms with Gasteiger partial charge in [-0.05, 0) is 73.0 Å².